The van der Waals surface area contributed by atoms with Crippen molar-refractivity contribution in [3.8, 4) is 11.5 Å². The lowest BCUT2D eigenvalue weighted by atomic mass is 10.00. The number of amides is 11. The van der Waals surface area contributed by atoms with Gasteiger partial charge in [-0.2, -0.15) is 0 Å². The summed E-state index contributed by atoms with van der Waals surface area (Å²) in [5, 5.41) is 83.7. The van der Waals surface area contributed by atoms with E-state index in [4.69, 9.17) is 40.1 Å². The van der Waals surface area contributed by atoms with Crippen LogP contribution in [0.25, 0.3) is 0 Å². The van der Waals surface area contributed by atoms with Crippen molar-refractivity contribution in [3.05, 3.63) is 59.7 Å². The number of phenolic OH excluding ortho intramolecular Hbond substituents is 2. The molecule has 30 N–H and O–H groups in total. The van der Waals surface area contributed by atoms with E-state index in [0.29, 0.717) is 17.5 Å². The van der Waals surface area contributed by atoms with Crippen LogP contribution in [0.15, 0.2) is 58.5 Å². The minimum absolute atomic E-state index is 0.0185. The Morgan fingerprint density at radius 2 is 0.796 bits per heavy atom. The maximum Gasteiger partial charge on any atom is 0.326 e. The number of hydrogen-bond acceptors (Lipinski definition) is 21. The minimum atomic E-state index is -2.06. The summed E-state index contributed by atoms with van der Waals surface area (Å²) >= 11 is 0. The number of nitrogens with one attached hydrogen (secondary N) is 10. The number of nitrogens with zero attached hydrogens (tertiary/aromatic N) is 2. The second-order valence-electron chi connectivity index (χ2n) is 23.2. The van der Waals surface area contributed by atoms with Gasteiger partial charge in [0.05, 0.1) is 25.7 Å². The van der Waals surface area contributed by atoms with Gasteiger partial charge in [0.1, 0.15) is 71.9 Å². The third kappa shape index (κ3) is 32.3. The van der Waals surface area contributed by atoms with Crippen LogP contribution in [-0.2, 0) is 75.2 Å². The molecule has 11 amide bonds. The number of aliphatic imine (C=N–C) groups is 2. The Morgan fingerprint density at radius 1 is 0.429 bits per heavy atom. The van der Waals surface area contributed by atoms with Gasteiger partial charge in [-0.3, -0.25) is 67.5 Å². The maximum absolute atomic E-state index is 14.5. The molecule has 98 heavy (non-hydrogen) atoms. The highest BCUT2D eigenvalue weighted by atomic mass is 16.4. The Labute approximate surface area is 564 Å². The zero-order valence-corrected chi connectivity index (χ0v) is 54.7. The quantitative estimate of drug-likeness (QED) is 0.0166. The zero-order valence-electron chi connectivity index (χ0n) is 54.7. The van der Waals surface area contributed by atoms with Crippen LogP contribution in [0.3, 0.4) is 0 Å². The lowest BCUT2D eigenvalue weighted by molar-refractivity contribution is -0.142. The number of carbonyl (C=O) groups is 13. The van der Waals surface area contributed by atoms with E-state index in [1.807, 2.05) is 0 Å². The van der Waals surface area contributed by atoms with Crippen LogP contribution < -0.4 is 93.3 Å². The third-order valence-electron chi connectivity index (χ3n) is 14.5. The van der Waals surface area contributed by atoms with Gasteiger partial charge in [-0.1, -0.05) is 38.1 Å². The van der Waals surface area contributed by atoms with Gasteiger partial charge in [0.15, 0.2) is 11.9 Å². The van der Waals surface area contributed by atoms with Crippen molar-refractivity contribution in [3.63, 3.8) is 0 Å². The van der Waals surface area contributed by atoms with E-state index < -0.39 is 175 Å². The third-order valence-corrected chi connectivity index (χ3v) is 14.5. The number of unbranched alkanes of at least 4 members (excludes halogenated alkanes) is 1. The van der Waals surface area contributed by atoms with Crippen LogP contribution in [0.5, 0.6) is 11.5 Å². The van der Waals surface area contributed by atoms with E-state index in [0.717, 1.165) is 0 Å². The predicted octanol–water partition coefficient (Wildman–Crippen LogP) is -7.83. The topological polar surface area (TPSA) is 670 Å². The van der Waals surface area contributed by atoms with Gasteiger partial charge in [-0.25, -0.2) is 4.79 Å². The smallest absolute Gasteiger partial charge is 0.326 e. The molecule has 0 bridgehead atoms. The van der Waals surface area contributed by atoms with Crippen molar-refractivity contribution in [2.24, 2.45) is 56.0 Å². The number of nitrogens with two attached hydrogens (primary N) is 7. The summed E-state index contributed by atoms with van der Waals surface area (Å²) in [7, 11) is 0. The summed E-state index contributed by atoms with van der Waals surface area (Å²) in [6, 6.07) is -6.57. The summed E-state index contributed by atoms with van der Waals surface area (Å²) in [5.41, 5.74) is 39.7. The van der Waals surface area contributed by atoms with Crippen molar-refractivity contribution in [2.75, 3.05) is 32.8 Å². The SMILES string of the molecule is CC(C)C[C@H](NC(=O)[C@H](Cc1ccc(O)cc1)NC(=O)[C@H](CCCCN)NC(=O)[C@H](CO)NC(=O)[C@@H](N)Cc1ccc(O)cc1)C(=O)N[C@@H](CC(=O)O)C(=O)N[C@@H](CO)C(=O)N[C@@H](CCCN=C(N)N)C(=O)N[C@@H](CCCN=C(N)N)C(=O)N[C@@H](C)C(=O)N[C@@H](CCC(N)=O)C(=O)O. The molecule has 0 radical (unpaired) electrons. The number of guanidine groups is 2. The van der Waals surface area contributed by atoms with Crippen molar-refractivity contribution < 1.29 is 93.0 Å². The van der Waals surface area contributed by atoms with Gasteiger partial charge < -0.3 is 124 Å². The fourth-order valence-electron chi connectivity index (χ4n) is 9.24. The molecule has 0 aliphatic rings. The predicted molar refractivity (Wildman–Crippen MR) is 351 cm³/mol. The highest BCUT2D eigenvalue weighted by molar-refractivity contribution is 6.00. The fourth-order valence-corrected chi connectivity index (χ4v) is 9.24. The monoisotopic (exact) mass is 1390 g/mol. The second kappa shape index (κ2) is 43.6. The molecule has 0 aromatic heterocycles. The van der Waals surface area contributed by atoms with Gasteiger partial charge in [-0.15, -0.1) is 0 Å². The maximum atomic E-state index is 14.5. The van der Waals surface area contributed by atoms with Crippen molar-refractivity contribution in [1.82, 2.24) is 53.2 Å². The van der Waals surface area contributed by atoms with Crippen molar-refractivity contribution in [2.45, 2.75) is 171 Å². The van der Waals surface area contributed by atoms with Gasteiger partial charge in [0.25, 0.3) is 0 Å². The Balaban J connectivity index is 2.48. The first kappa shape index (κ1) is 83.6. The molecule has 544 valence electrons. The molecule has 38 nitrogen and oxygen atoms in total. The number of carbonyl (C=O) groups excluding carboxylic acids is 11. The first-order valence-electron chi connectivity index (χ1n) is 31.3. The van der Waals surface area contributed by atoms with Crippen LogP contribution in [0.2, 0.25) is 0 Å². The van der Waals surface area contributed by atoms with E-state index in [-0.39, 0.29) is 107 Å². The number of primary amides is 1. The molecular formula is C60H95N19O19. The zero-order chi connectivity index (χ0) is 73.8. The van der Waals surface area contributed by atoms with Crippen LogP contribution in [0.4, 0.5) is 0 Å². The van der Waals surface area contributed by atoms with Crippen LogP contribution >= 0.6 is 0 Å². The number of carboxylic acids is 2. The number of aliphatic hydroxyl groups excluding tert-OH is 2. The van der Waals surface area contributed by atoms with Crippen molar-refractivity contribution >= 4 is 88.8 Å². The van der Waals surface area contributed by atoms with E-state index in [1.54, 1.807) is 13.8 Å². The normalized spacial score (nSPS) is 14.3. The van der Waals surface area contributed by atoms with Gasteiger partial charge in [0.2, 0.25) is 65.0 Å². The molecule has 0 unspecified atom stereocenters. The Bertz CT molecular complexity index is 3080. The number of aliphatic hydroxyl groups is 2. The number of rotatable bonds is 46. The highest BCUT2D eigenvalue weighted by Gasteiger charge is 2.37. The molecule has 0 aliphatic heterocycles. The van der Waals surface area contributed by atoms with Crippen LogP contribution in [0.1, 0.15) is 103 Å². The first-order valence-corrected chi connectivity index (χ1v) is 31.3. The molecule has 0 saturated heterocycles. The fraction of sp³-hybridized carbons (Fsp3) is 0.550. The standard InChI is InChI=1S/C60H95N19O19/c1-30(2)24-41(75-54(93)42(26-33-13-17-35(83)18-14-33)76-52(91)37(8-4-5-21-61)72-56(95)44(28-80)78-49(88)36(62)25-32-11-15-34(82)16-12-32)53(92)77-43(27-47(85)86)55(94)79-45(29-81)57(96)73-39(10-7-23-69-60(66)67)51(90)71-38(9-6-22-68-59(64)65)50(89)70-31(3)48(87)74-40(58(97)98)19-20-46(63)84/h11-18,30-31,36-45,80-83H,4-10,19-29,61-62H2,1-3H3,(H2,63,84)(H,70,89)(H,71,90)(H,72,95)(H,73,96)(H,74,87)(H,75,93)(H,76,91)(H,77,92)(H,78,88)(H,79,94)(H,85,86)(H,97,98)(H4,64,65,68)(H4,66,67,69)/t31-,36-,37-,38-,39-,40-,41-,42-,43-,44-,45-/m0/s1. The number of carboxylic acid groups (broad SMARTS) is 2. The first-order chi connectivity index (χ1) is 46.2. The number of hydrogen-bond donors (Lipinski definition) is 23. The molecule has 0 spiro atoms. The molecule has 0 fully saturated rings. The summed E-state index contributed by atoms with van der Waals surface area (Å²) < 4.78 is 0. The molecule has 0 aliphatic carbocycles. The van der Waals surface area contributed by atoms with Crippen LogP contribution in [-0.4, -0.2) is 219 Å². The number of benzene rings is 2. The van der Waals surface area contributed by atoms with E-state index in [9.17, 15) is 93.0 Å². The van der Waals surface area contributed by atoms with Crippen molar-refractivity contribution in [1.29, 1.82) is 0 Å². The molecule has 11 atom stereocenters. The molecule has 0 heterocycles. The number of aromatic hydroxyl groups is 2. The largest absolute Gasteiger partial charge is 0.508 e. The average Bonchev–Trinajstić information content (AvgIpc) is 0.963. The number of phenols is 2. The van der Waals surface area contributed by atoms with Gasteiger partial charge in [0, 0.05) is 25.9 Å². The minimum Gasteiger partial charge on any atom is -0.508 e. The summed E-state index contributed by atoms with van der Waals surface area (Å²) in [4.78, 5) is 182. The molecule has 0 saturated carbocycles. The Kier molecular flexibility index (Phi) is 37.2. The van der Waals surface area contributed by atoms with Crippen LogP contribution in [0, 0.1) is 5.92 Å². The lowest BCUT2D eigenvalue weighted by Crippen LogP contribution is -2.61. The van der Waals surface area contributed by atoms with Gasteiger partial charge >= 0.3 is 11.9 Å². The van der Waals surface area contributed by atoms with Gasteiger partial charge in [-0.05, 0) is 119 Å². The highest BCUT2D eigenvalue weighted by Crippen LogP contribution is 2.16. The van der Waals surface area contributed by atoms with E-state index >= 15 is 0 Å². The second-order valence-corrected chi connectivity index (χ2v) is 23.2. The summed E-state index contributed by atoms with van der Waals surface area (Å²) in [5.74, 6) is -16.1. The molecule has 38 heteroatoms. The summed E-state index contributed by atoms with van der Waals surface area (Å²) in [6.07, 6.45) is -2.54. The molecule has 2 aromatic carbocycles. The molecular weight excluding hydrogens is 1290 g/mol. The summed E-state index contributed by atoms with van der Waals surface area (Å²) in [6.45, 7) is 2.29. The van der Waals surface area contributed by atoms with E-state index in [1.165, 1.54) is 55.5 Å². The Hall–Kier alpha value is -10.5. The number of aliphatic carboxylic acids is 2. The van der Waals surface area contributed by atoms with E-state index in [2.05, 4.69) is 63.2 Å². The lowest BCUT2D eigenvalue weighted by Gasteiger charge is -2.28. The molecule has 2 rings (SSSR count). The average molecular weight is 1390 g/mol. The molecule has 2 aromatic rings. The Morgan fingerprint density at radius 3 is 1.22 bits per heavy atom.